The van der Waals surface area contributed by atoms with Crippen LogP contribution in [0.1, 0.15) is 27.0 Å². The number of carbonyl (C=O) groups excluding carboxylic acids is 2. The number of nitrogens with one attached hydrogen (secondary N) is 2. The Kier molecular flexibility index (Phi) is 7.02. The summed E-state index contributed by atoms with van der Waals surface area (Å²) in [6.07, 6.45) is 1.45. The molecule has 162 valence electrons. The molecule has 0 aliphatic heterocycles. The molecule has 3 aromatic rings. The Balaban J connectivity index is 1.91. The number of carbonyl (C=O) groups is 2. The summed E-state index contributed by atoms with van der Waals surface area (Å²) < 4.78 is 0. The topological polar surface area (TPSA) is 101 Å². The van der Waals surface area contributed by atoms with Gasteiger partial charge >= 0.3 is 0 Å². The van der Waals surface area contributed by atoms with Gasteiger partial charge in [0, 0.05) is 28.4 Å². The van der Waals surface area contributed by atoms with E-state index in [2.05, 4.69) is 10.6 Å². The molecule has 0 unspecified atom stereocenters. The third kappa shape index (κ3) is 5.80. The van der Waals surface area contributed by atoms with Crippen LogP contribution in [0.15, 0.2) is 72.4 Å². The van der Waals surface area contributed by atoms with Gasteiger partial charge < -0.3 is 10.6 Å². The zero-order valence-corrected chi connectivity index (χ0v) is 18.1. The Morgan fingerprint density at radius 3 is 2.34 bits per heavy atom. The Morgan fingerprint density at radius 2 is 1.72 bits per heavy atom. The number of benzene rings is 3. The molecule has 0 spiro atoms. The van der Waals surface area contributed by atoms with Crippen LogP contribution in [0.5, 0.6) is 0 Å². The fourth-order valence-corrected chi connectivity index (χ4v) is 3.05. The standard InChI is InChI=1S/C24H20ClN3O4/c1-15-4-3-5-18(12-15)23(29)27-22(13-17-7-10-20(11-8-17)28(31)32)24(30)26-19-9-6-16(2)21(25)14-19/h3-14H,1-2H3,(H,26,30)(H,27,29)/b22-13-. The number of halogens is 1. The fraction of sp³-hybridized carbons (Fsp3) is 0.0833. The molecular formula is C24H20ClN3O4. The minimum absolute atomic E-state index is 0.0259. The van der Waals surface area contributed by atoms with Gasteiger partial charge in [0.2, 0.25) is 0 Å². The van der Waals surface area contributed by atoms with Crippen molar-refractivity contribution in [1.29, 1.82) is 0 Å². The molecule has 0 fully saturated rings. The van der Waals surface area contributed by atoms with Gasteiger partial charge in [0.15, 0.2) is 0 Å². The van der Waals surface area contributed by atoms with Crippen LogP contribution in [0.4, 0.5) is 11.4 Å². The molecular weight excluding hydrogens is 430 g/mol. The number of anilines is 1. The van der Waals surface area contributed by atoms with Gasteiger partial charge in [-0.15, -0.1) is 0 Å². The SMILES string of the molecule is Cc1cccc(C(=O)N/C(=C\c2ccc([N+](=O)[O-])cc2)C(=O)Nc2ccc(C)c(Cl)c2)c1. The van der Waals surface area contributed by atoms with Crippen molar-refractivity contribution in [2.45, 2.75) is 13.8 Å². The predicted molar refractivity (Wildman–Crippen MR) is 125 cm³/mol. The van der Waals surface area contributed by atoms with Crippen molar-refractivity contribution in [3.05, 3.63) is 110 Å². The molecule has 0 bridgehead atoms. The summed E-state index contributed by atoms with van der Waals surface area (Å²) in [5.41, 5.74) is 3.02. The highest BCUT2D eigenvalue weighted by Gasteiger charge is 2.16. The summed E-state index contributed by atoms with van der Waals surface area (Å²) in [5, 5.41) is 16.7. The summed E-state index contributed by atoms with van der Waals surface area (Å²) in [4.78, 5) is 36.1. The number of hydrogen-bond donors (Lipinski definition) is 2. The van der Waals surface area contributed by atoms with Gasteiger partial charge in [-0.25, -0.2) is 0 Å². The van der Waals surface area contributed by atoms with Gasteiger partial charge in [-0.3, -0.25) is 19.7 Å². The van der Waals surface area contributed by atoms with E-state index in [0.717, 1.165) is 11.1 Å². The van der Waals surface area contributed by atoms with Crippen molar-refractivity contribution in [2.24, 2.45) is 0 Å². The summed E-state index contributed by atoms with van der Waals surface area (Å²) in [5.74, 6) is -1.02. The Labute approximate surface area is 189 Å². The maximum atomic E-state index is 13.0. The van der Waals surface area contributed by atoms with Gasteiger partial charge in [0.05, 0.1) is 4.92 Å². The smallest absolute Gasteiger partial charge is 0.272 e. The third-order valence-corrected chi connectivity index (χ3v) is 5.02. The molecule has 3 aromatic carbocycles. The molecule has 32 heavy (non-hydrogen) atoms. The van der Waals surface area contributed by atoms with Crippen LogP contribution < -0.4 is 10.6 Å². The minimum Gasteiger partial charge on any atom is -0.321 e. The minimum atomic E-state index is -0.565. The molecule has 0 heterocycles. The summed E-state index contributed by atoms with van der Waals surface area (Å²) in [7, 11) is 0. The first-order valence-electron chi connectivity index (χ1n) is 9.64. The average molecular weight is 450 g/mol. The van der Waals surface area contributed by atoms with Gasteiger partial charge in [0.25, 0.3) is 17.5 Å². The molecule has 0 aromatic heterocycles. The van der Waals surface area contributed by atoms with Crippen LogP contribution >= 0.6 is 11.6 Å². The number of non-ortho nitro benzene ring substituents is 1. The van der Waals surface area contributed by atoms with Crippen LogP contribution in [0, 0.1) is 24.0 Å². The Bertz CT molecular complexity index is 1220. The summed E-state index contributed by atoms with van der Waals surface area (Å²) in [6.45, 7) is 3.70. The van der Waals surface area contributed by atoms with Crippen molar-refractivity contribution >= 4 is 40.9 Å². The molecule has 0 saturated heterocycles. The van der Waals surface area contributed by atoms with E-state index in [1.54, 1.807) is 36.4 Å². The molecule has 2 N–H and O–H groups in total. The fourth-order valence-electron chi connectivity index (χ4n) is 2.87. The monoisotopic (exact) mass is 449 g/mol. The van der Waals surface area contributed by atoms with E-state index in [0.29, 0.717) is 21.8 Å². The van der Waals surface area contributed by atoms with Crippen molar-refractivity contribution in [1.82, 2.24) is 5.32 Å². The zero-order chi connectivity index (χ0) is 23.3. The number of nitrogens with zero attached hydrogens (tertiary/aromatic N) is 1. The van der Waals surface area contributed by atoms with Gasteiger partial charge in [-0.05, 0) is 67.4 Å². The lowest BCUT2D eigenvalue weighted by atomic mass is 10.1. The summed E-state index contributed by atoms with van der Waals surface area (Å²) in [6, 6.07) is 17.7. The molecule has 0 aliphatic carbocycles. The van der Waals surface area contributed by atoms with Crippen LogP contribution in [-0.4, -0.2) is 16.7 Å². The number of aryl methyl sites for hydroxylation is 2. The number of hydrogen-bond acceptors (Lipinski definition) is 4. The normalized spacial score (nSPS) is 11.0. The van der Waals surface area contributed by atoms with Crippen LogP contribution in [-0.2, 0) is 4.79 Å². The molecule has 0 aliphatic rings. The molecule has 0 radical (unpaired) electrons. The summed E-state index contributed by atoms with van der Waals surface area (Å²) >= 11 is 6.14. The van der Waals surface area contributed by atoms with Crippen molar-refractivity contribution in [3.8, 4) is 0 Å². The van der Waals surface area contributed by atoms with Crippen LogP contribution in [0.2, 0.25) is 5.02 Å². The highest BCUT2D eigenvalue weighted by Crippen LogP contribution is 2.21. The number of rotatable bonds is 6. The second-order valence-electron chi connectivity index (χ2n) is 7.15. The Morgan fingerprint density at radius 1 is 1.00 bits per heavy atom. The molecule has 3 rings (SSSR count). The number of amides is 2. The van der Waals surface area contributed by atoms with E-state index >= 15 is 0 Å². The lowest BCUT2D eigenvalue weighted by Crippen LogP contribution is -2.30. The van der Waals surface area contributed by atoms with E-state index in [1.807, 2.05) is 19.9 Å². The first kappa shape index (κ1) is 22.7. The van der Waals surface area contributed by atoms with Crippen molar-refractivity contribution in [2.75, 3.05) is 5.32 Å². The second-order valence-corrected chi connectivity index (χ2v) is 7.56. The molecule has 8 heteroatoms. The van der Waals surface area contributed by atoms with E-state index < -0.39 is 16.7 Å². The zero-order valence-electron chi connectivity index (χ0n) is 17.4. The van der Waals surface area contributed by atoms with Gasteiger partial charge in [0.1, 0.15) is 5.70 Å². The highest BCUT2D eigenvalue weighted by molar-refractivity contribution is 6.31. The lowest BCUT2D eigenvalue weighted by molar-refractivity contribution is -0.384. The molecule has 0 atom stereocenters. The Hall–Kier alpha value is -3.97. The van der Waals surface area contributed by atoms with Crippen molar-refractivity contribution < 1.29 is 14.5 Å². The van der Waals surface area contributed by atoms with E-state index in [9.17, 15) is 19.7 Å². The lowest BCUT2D eigenvalue weighted by Gasteiger charge is -2.12. The van der Waals surface area contributed by atoms with Crippen LogP contribution in [0.25, 0.3) is 6.08 Å². The first-order chi connectivity index (χ1) is 15.2. The predicted octanol–water partition coefficient (Wildman–Crippen LogP) is 5.27. The van der Waals surface area contributed by atoms with E-state index in [4.69, 9.17) is 11.6 Å². The largest absolute Gasteiger partial charge is 0.321 e. The van der Waals surface area contributed by atoms with E-state index in [1.165, 1.54) is 30.3 Å². The quantitative estimate of drug-likeness (QED) is 0.304. The maximum absolute atomic E-state index is 13.0. The number of nitro benzene ring substituents is 1. The average Bonchev–Trinajstić information content (AvgIpc) is 2.76. The molecule has 2 amide bonds. The van der Waals surface area contributed by atoms with E-state index in [-0.39, 0.29) is 11.4 Å². The van der Waals surface area contributed by atoms with Crippen molar-refractivity contribution in [3.63, 3.8) is 0 Å². The number of nitro groups is 1. The highest BCUT2D eigenvalue weighted by atomic mass is 35.5. The third-order valence-electron chi connectivity index (χ3n) is 4.62. The molecule has 7 nitrogen and oxygen atoms in total. The first-order valence-corrected chi connectivity index (χ1v) is 10.0. The maximum Gasteiger partial charge on any atom is 0.272 e. The van der Waals surface area contributed by atoms with Crippen LogP contribution in [0.3, 0.4) is 0 Å². The van der Waals surface area contributed by atoms with Gasteiger partial charge in [-0.2, -0.15) is 0 Å². The molecule has 0 saturated carbocycles. The van der Waals surface area contributed by atoms with Gasteiger partial charge in [-0.1, -0.05) is 35.4 Å². The second kappa shape index (κ2) is 9.89.